The number of carbonyl (C=O) groups excluding carboxylic acids is 2. The molecular formula is C18H31N3O2. The van der Waals surface area contributed by atoms with Gasteiger partial charge in [-0.05, 0) is 64.7 Å². The van der Waals surface area contributed by atoms with E-state index in [2.05, 4.69) is 16.7 Å². The van der Waals surface area contributed by atoms with Crippen molar-refractivity contribution in [1.29, 1.82) is 0 Å². The van der Waals surface area contributed by atoms with Gasteiger partial charge in [-0.25, -0.2) is 4.79 Å². The van der Waals surface area contributed by atoms with Crippen molar-refractivity contribution in [1.82, 2.24) is 15.5 Å². The first-order chi connectivity index (χ1) is 11.1. The van der Waals surface area contributed by atoms with Gasteiger partial charge in [-0.15, -0.1) is 0 Å². The monoisotopic (exact) mass is 321 g/mol. The smallest absolute Gasteiger partial charge is 0.314 e. The maximum atomic E-state index is 12.5. The molecule has 1 aliphatic heterocycles. The Balaban J connectivity index is 1.66. The summed E-state index contributed by atoms with van der Waals surface area (Å²) in [5.74, 6) is 0.873. The summed E-state index contributed by atoms with van der Waals surface area (Å²) in [6.07, 6.45) is 10.5. The van der Waals surface area contributed by atoms with Gasteiger partial charge in [-0.1, -0.05) is 6.08 Å². The number of nitrogens with one attached hydrogen (secondary N) is 2. The quantitative estimate of drug-likeness (QED) is 0.738. The zero-order valence-electron chi connectivity index (χ0n) is 14.6. The minimum absolute atomic E-state index is 0.127. The van der Waals surface area contributed by atoms with Gasteiger partial charge in [-0.3, -0.25) is 4.79 Å². The van der Waals surface area contributed by atoms with Gasteiger partial charge in [0.1, 0.15) is 0 Å². The van der Waals surface area contributed by atoms with Crippen molar-refractivity contribution in [2.75, 3.05) is 13.1 Å². The molecule has 0 aromatic heterocycles. The standard InChI is InChI=1S/C18H31N3O2/c1-14(2)20-18(23)19-12-6-5-11-17(22)21-13-7-9-15-8-3-4-10-16(15)21/h10,14-15H,3-9,11-13H2,1-2H3,(H2,19,20,23). The van der Waals surface area contributed by atoms with Crippen LogP contribution in [0.25, 0.3) is 0 Å². The number of urea groups is 1. The van der Waals surface area contributed by atoms with E-state index in [9.17, 15) is 9.59 Å². The maximum Gasteiger partial charge on any atom is 0.314 e. The molecule has 0 spiro atoms. The molecule has 0 bridgehead atoms. The zero-order valence-corrected chi connectivity index (χ0v) is 14.6. The summed E-state index contributed by atoms with van der Waals surface area (Å²) < 4.78 is 0. The Hall–Kier alpha value is -1.52. The Kier molecular flexibility index (Phi) is 6.93. The van der Waals surface area contributed by atoms with Gasteiger partial charge in [0.2, 0.25) is 5.91 Å². The van der Waals surface area contributed by atoms with Crippen molar-refractivity contribution in [2.24, 2.45) is 5.92 Å². The van der Waals surface area contributed by atoms with E-state index in [1.54, 1.807) is 0 Å². The molecule has 0 aromatic rings. The maximum absolute atomic E-state index is 12.5. The number of likely N-dealkylation sites (tertiary alicyclic amines) is 1. The van der Waals surface area contributed by atoms with E-state index < -0.39 is 0 Å². The van der Waals surface area contributed by atoms with Gasteiger partial charge in [0.15, 0.2) is 0 Å². The highest BCUT2D eigenvalue weighted by Crippen LogP contribution is 2.35. The predicted molar refractivity (Wildman–Crippen MR) is 91.9 cm³/mol. The molecule has 1 fully saturated rings. The van der Waals surface area contributed by atoms with Crippen molar-refractivity contribution in [3.05, 3.63) is 11.8 Å². The van der Waals surface area contributed by atoms with Crippen LogP contribution in [0.5, 0.6) is 0 Å². The van der Waals surface area contributed by atoms with E-state index in [0.29, 0.717) is 18.9 Å². The molecule has 3 amide bonds. The van der Waals surface area contributed by atoms with Crippen molar-refractivity contribution in [2.45, 2.75) is 71.3 Å². The topological polar surface area (TPSA) is 61.4 Å². The molecule has 1 unspecified atom stereocenters. The Morgan fingerprint density at radius 3 is 2.83 bits per heavy atom. The summed E-state index contributed by atoms with van der Waals surface area (Å²) in [4.78, 5) is 26.0. The van der Waals surface area contributed by atoms with Gasteiger partial charge < -0.3 is 15.5 Å². The number of unbranched alkanes of at least 4 members (excludes halogenated alkanes) is 1. The SMILES string of the molecule is CC(C)NC(=O)NCCCCC(=O)N1CCCC2CCCC=C21. The van der Waals surface area contributed by atoms with E-state index in [-0.39, 0.29) is 18.0 Å². The number of hydrogen-bond acceptors (Lipinski definition) is 2. The fourth-order valence-corrected chi connectivity index (χ4v) is 3.50. The highest BCUT2D eigenvalue weighted by atomic mass is 16.2. The van der Waals surface area contributed by atoms with Crippen molar-refractivity contribution in [3.8, 4) is 0 Å². The molecule has 1 heterocycles. The fourth-order valence-electron chi connectivity index (χ4n) is 3.50. The molecule has 1 aliphatic carbocycles. The zero-order chi connectivity index (χ0) is 16.7. The summed E-state index contributed by atoms with van der Waals surface area (Å²) in [5.41, 5.74) is 1.29. The Morgan fingerprint density at radius 1 is 1.26 bits per heavy atom. The Morgan fingerprint density at radius 2 is 2.04 bits per heavy atom. The minimum atomic E-state index is -0.127. The van der Waals surface area contributed by atoms with Gasteiger partial charge in [-0.2, -0.15) is 0 Å². The summed E-state index contributed by atoms with van der Waals surface area (Å²) in [7, 11) is 0. The van der Waals surface area contributed by atoms with E-state index in [1.807, 2.05) is 18.7 Å². The van der Waals surface area contributed by atoms with Crippen LogP contribution in [0.4, 0.5) is 4.79 Å². The summed E-state index contributed by atoms with van der Waals surface area (Å²) in [6.45, 7) is 5.38. The molecule has 23 heavy (non-hydrogen) atoms. The van der Waals surface area contributed by atoms with E-state index in [0.717, 1.165) is 32.2 Å². The third kappa shape index (κ3) is 5.56. The number of allylic oxidation sites excluding steroid dienone is 2. The molecule has 2 aliphatic rings. The molecule has 2 N–H and O–H groups in total. The van der Waals surface area contributed by atoms with Crippen LogP contribution in [0.15, 0.2) is 11.8 Å². The van der Waals surface area contributed by atoms with E-state index in [1.165, 1.54) is 25.0 Å². The Bertz CT molecular complexity index is 446. The second-order valence-corrected chi connectivity index (χ2v) is 6.96. The average molecular weight is 321 g/mol. The molecule has 130 valence electrons. The first-order valence-electron chi connectivity index (χ1n) is 9.12. The summed E-state index contributed by atoms with van der Waals surface area (Å²) in [6, 6.07) is 0.0185. The van der Waals surface area contributed by atoms with E-state index in [4.69, 9.17) is 0 Å². The number of fused-ring (bicyclic) bond motifs is 1. The lowest BCUT2D eigenvalue weighted by molar-refractivity contribution is -0.130. The second kappa shape index (κ2) is 8.94. The molecule has 5 nitrogen and oxygen atoms in total. The third-order valence-electron chi connectivity index (χ3n) is 4.60. The van der Waals surface area contributed by atoms with Crippen LogP contribution in [-0.2, 0) is 4.79 Å². The Labute approximate surface area is 139 Å². The molecule has 0 saturated carbocycles. The van der Waals surface area contributed by atoms with Crippen LogP contribution in [-0.4, -0.2) is 36.0 Å². The van der Waals surface area contributed by atoms with Crippen LogP contribution in [0, 0.1) is 5.92 Å². The van der Waals surface area contributed by atoms with Crippen LogP contribution in [0.2, 0.25) is 0 Å². The number of amides is 3. The van der Waals surface area contributed by atoms with Gasteiger partial charge >= 0.3 is 6.03 Å². The molecular weight excluding hydrogens is 290 g/mol. The third-order valence-corrected chi connectivity index (χ3v) is 4.60. The molecule has 1 atom stereocenters. The van der Waals surface area contributed by atoms with Crippen LogP contribution in [0.3, 0.4) is 0 Å². The summed E-state index contributed by atoms with van der Waals surface area (Å²) in [5, 5.41) is 5.62. The van der Waals surface area contributed by atoms with Crippen molar-refractivity contribution < 1.29 is 9.59 Å². The predicted octanol–water partition coefficient (Wildman–Crippen LogP) is 3.17. The van der Waals surface area contributed by atoms with Gasteiger partial charge in [0, 0.05) is 31.2 Å². The van der Waals surface area contributed by atoms with E-state index >= 15 is 0 Å². The number of carbonyl (C=O) groups is 2. The molecule has 1 saturated heterocycles. The van der Waals surface area contributed by atoms with Crippen LogP contribution < -0.4 is 10.6 Å². The van der Waals surface area contributed by atoms with Crippen LogP contribution in [0.1, 0.15) is 65.2 Å². The van der Waals surface area contributed by atoms with Crippen molar-refractivity contribution in [3.63, 3.8) is 0 Å². The van der Waals surface area contributed by atoms with Crippen LogP contribution >= 0.6 is 0 Å². The van der Waals surface area contributed by atoms with Gasteiger partial charge in [0.25, 0.3) is 0 Å². The molecule has 5 heteroatoms. The minimum Gasteiger partial charge on any atom is -0.338 e. The number of rotatable bonds is 6. The van der Waals surface area contributed by atoms with Crippen molar-refractivity contribution >= 4 is 11.9 Å². The lowest BCUT2D eigenvalue weighted by Gasteiger charge is -2.38. The number of hydrogen-bond donors (Lipinski definition) is 2. The summed E-state index contributed by atoms with van der Waals surface area (Å²) >= 11 is 0. The first-order valence-corrected chi connectivity index (χ1v) is 9.12. The molecule has 2 rings (SSSR count). The second-order valence-electron chi connectivity index (χ2n) is 6.96. The number of piperidine rings is 1. The highest BCUT2D eigenvalue weighted by molar-refractivity contribution is 5.78. The highest BCUT2D eigenvalue weighted by Gasteiger charge is 2.29. The molecule has 0 radical (unpaired) electrons. The lowest BCUT2D eigenvalue weighted by atomic mass is 9.85. The average Bonchev–Trinajstić information content (AvgIpc) is 2.53. The largest absolute Gasteiger partial charge is 0.338 e. The molecule has 0 aromatic carbocycles. The first kappa shape index (κ1) is 17.8. The lowest BCUT2D eigenvalue weighted by Crippen LogP contribution is -2.40. The number of nitrogens with zero attached hydrogens (tertiary/aromatic N) is 1. The van der Waals surface area contributed by atoms with Gasteiger partial charge in [0.05, 0.1) is 0 Å². The normalized spacial score (nSPS) is 20.7. The fraction of sp³-hybridized carbons (Fsp3) is 0.778.